The highest BCUT2D eigenvalue weighted by atomic mass is 31.2. The van der Waals surface area contributed by atoms with E-state index < -0.39 is 7.26 Å². The van der Waals surface area contributed by atoms with Crippen molar-refractivity contribution in [2.75, 3.05) is 26.2 Å². The molecule has 0 radical (unpaired) electrons. The van der Waals surface area contributed by atoms with Gasteiger partial charge < -0.3 is 0 Å². The van der Waals surface area contributed by atoms with Crippen molar-refractivity contribution in [3.8, 4) is 0 Å². The maximum Gasteiger partial charge on any atom is 0.0586 e. The van der Waals surface area contributed by atoms with E-state index in [1.807, 2.05) is 0 Å². The second-order valence-corrected chi connectivity index (χ2v) is 12.6. The first-order chi connectivity index (χ1) is 9.56. The van der Waals surface area contributed by atoms with E-state index in [4.69, 9.17) is 0 Å². The molecule has 0 amide bonds. The highest BCUT2D eigenvalue weighted by Crippen LogP contribution is 2.47. The van der Waals surface area contributed by atoms with Crippen LogP contribution in [0.4, 0.5) is 0 Å². The zero-order chi connectivity index (χ0) is 15.1. The Morgan fingerprint density at radius 1 is 0.450 bits per heavy atom. The van der Waals surface area contributed by atoms with Gasteiger partial charge in [-0.2, -0.15) is 0 Å². The normalized spacial score (nSPS) is 12.0. The number of rotatable bonds is 15. The minimum atomic E-state index is -0.500. The summed E-state index contributed by atoms with van der Waals surface area (Å²) < 4.78 is 0. The summed E-state index contributed by atoms with van der Waals surface area (Å²) >= 11 is 0. The lowest BCUT2D eigenvalue weighted by Gasteiger charge is -2.10. The molecule has 0 fully saturated rings. The van der Waals surface area contributed by atoms with Crippen molar-refractivity contribution >= 4 is 7.26 Å². The van der Waals surface area contributed by atoms with E-state index in [2.05, 4.69) is 26.9 Å². The highest BCUT2D eigenvalue weighted by molar-refractivity contribution is 7.73. The molecule has 0 nitrogen and oxygen atoms in total. The highest BCUT2D eigenvalue weighted by Gasteiger charge is 2.15. The molecule has 0 aliphatic rings. The molecular weight excluding hydrogens is 259 g/mol. The third-order valence-electron chi connectivity index (χ3n) is 4.18. The maximum absolute atomic E-state index is 2.47. The first-order valence-corrected chi connectivity index (χ1v) is 12.7. The molecule has 0 saturated heterocycles. The smallest absolute Gasteiger partial charge is 0.0586 e. The molecule has 122 valence electrons. The summed E-state index contributed by atoms with van der Waals surface area (Å²) in [5.74, 6) is 0. The van der Waals surface area contributed by atoms with Crippen LogP contribution in [0.25, 0.3) is 0 Å². The molecule has 20 heavy (non-hydrogen) atoms. The predicted molar refractivity (Wildman–Crippen MR) is 99.9 cm³/mol. The second kappa shape index (κ2) is 14.4. The Hall–Kier alpha value is 0.430. The number of hydrogen-bond donors (Lipinski definition) is 0. The van der Waals surface area contributed by atoms with Crippen molar-refractivity contribution in [2.24, 2.45) is 0 Å². The Kier molecular flexibility index (Phi) is 14.7. The second-order valence-electron chi connectivity index (χ2n) is 7.61. The summed E-state index contributed by atoms with van der Waals surface area (Å²) in [7, 11) is -0.500. The number of hydrogen-bond acceptors (Lipinski definition) is 0. The quantitative estimate of drug-likeness (QED) is 0.219. The Bertz CT molecular complexity index is 181. The largest absolute Gasteiger partial charge is 0.0654 e. The number of unbranched alkanes of at least 4 members (excludes halogenated alkanes) is 13. The molecular formula is C19H42P+. The van der Waals surface area contributed by atoms with E-state index in [0.29, 0.717) is 0 Å². The molecule has 0 aromatic carbocycles. The molecule has 0 rings (SSSR count). The van der Waals surface area contributed by atoms with Crippen LogP contribution in [0.5, 0.6) is 0 Å². The van der Waals surface area contributed by atoms with Gasteiger partial charge in [0.05, 0.1) is 6.16 Å². The topological polar surface area (TPSA) is 0 Å². The van der Waals surface area contributed by atoms with Gasteiger partial charge in [0.1, 0.15) is 0 Å². The standard InChI is InChI=1S/C19H42P/c1-5-6-7-8-9-10-11-12-13-14-15-16-17-18-19-20(2,3)4/h5-19H2,1-4H3/q+1. The summed E-state index contributed by atoms with van der Waals surface area (Å²) in [4.78, 5) is 0. The molecule has 0 saturated carbocycles. The lowest BCUT2D eigenvalue weighted by atomic mass is 10.0. The molecule has 0 bridgehead atoms. The van der Waals surface area contributed by atoms with Crippen LogP contribution in [0.1, 0.15) is 96.8 Å². The Morgan fingerprint density at radius 3 is 1.05 bits per heavy atom. The van der Waals surface area contributed by atoms with Gasteiger partial charge in [0.15, 0.2) is 0 Å². The fraction of sp³-hybridized carbons (Fsp3) is 1.00. The monoisotopic (exact) mass is 301 g/mol. The summed E-state index contributed by atoms with van der Waals surface area (Å²) in [5.41, 5.74) is 0. The van der Waals surface area contributed by atoms with Crippen LogP contribution < -0.4 is 0 Å². The van der Waals surface area contributed by atoms with Crippen LogP contribution in [0.3, 0.4) is 0 Å². The van der Waals surface area contributed by atoms with E-state index >= 15 is 0 Å². The van der Waals surface area contributed by atoms with E-state index in [9.17, 15) is 0 Å². The molecule has 0 spiro atoms. The lowest BCUT2D eigenvalue weighted by molar-refractivity contribution is 0.538. The average Bonchev–Trinajstić information content (AvgIpc) is 2.38. The summed E-state index contributed by atoms with van der Waals surface area (Å²) in [6, 6.07) is 0. The fourth-order valence-electron chi connectivity index (χ4n) is 2.78. The first-order valence-electron chi connectivity index (χ1n) is 9.36. The van der Waals surface area contributed by atoms with Crippen molar-refractivity contribution in [3.63, 3.8) is 0 Å². The van der Waals surface area contributed by atoms with Gasteiger partial charge in [-0.3, -0.25) is 0 Å². The molecule has 0 aromatic heterocycles. The molecule has 0 heterocycles. The summed E-state index contributed by atoms with van der Waals surface area (Å²) in [5, 5.41) is 0. The van der Waals surface area contributed by atoms with Crippen molar-refractivity contribution < 1.29 is 0 Å². The van der Waals surface area contributed by atoms with E-state index in [1.165, 1.54) is 96.1 Å². The van der Waals surface area contributed by atoms with Gasteiger partial charge >= 0.3 is 0 Å². The third kappa shape index (κ3) is 18.4. The molecule has 1 heteroatoms. The Labute approximate surface area is 130 Å². The van der Waals surface area contributed by atoms with Crippen LogP contribution in [-0.4, -0.2) is 26.2 Å². The minimum absolute atomic E-state index is 0.500. The maximum atomic E-state index is 2.47. The minimum Gasteiger partial charge on any atom is -0.0654 e. The average molecular weight is 302 g/mol. The summed E-state index contributed by atoms with van der Waals surface area (Å²) in [6.07, 6.45) is 22.1. The van der Waals surface area contributed by atoms with E-state index in [0.717, 1.165) is 0 Å². The molecule has 0 aliphatic carbocycles. The summed E-state index contributed by atoms with van der Waals surface area (Å²) in [6.45, 7) is 9.70. The molecule has 0 aromatic rings. The van der Waals surface area contributed by atoms with E-state index in [-0.39, 0.29) is 0 Å². The van der Waals surface area contributed by atoms with Crippen molar-refractivity contribution in [3.05, 3.63) is 0 Å². The third-order valence-corrected chi connectivity index (χ3v) is 5.84. The lowest BCUT2D eigenvalue weighted by Crippen LogP contribution is -1.92. The SMILES string of the molecule is CCCCCCCCCCCCCCCC[P+](C)(C)C. The van der Waals surface area contributed by atoms with Gasteiger partial charge in [-0.25, -0.2) is 0 Å². The fourth-order valence-corrected chi connectivity index (χ4v) is 3.95. The van der Waals surface area contributed by atoms with Crippen LogP contribution in [0.15, 0.2) is 0 Å². The van der Waals surface area contributed by atoms with Crippen LogP contribution in [0.2, 0.25) is 0 Å². The van der Waals surface area contributed by atoms with Gasteiger partial charge in [0.2, 0.25) is 0 Å². The van der Waals surface area contributed by atoms with Gasteiger partial charge in [-0.15, -0.1) is 0 Å². The van der Waals surface area contributed by atoms with Crippen LogP contribution in [0, 0.1) is 0 Å². The molecule has 0 N–H and O–H groups in total. The van der Waals surface area contributed by atoms with E-state index in [1.54, 1.807) is 0 Å². The zero-order valence-corrected chi connectivity index (χ0v) is 15.9. The van der Waals surface area contributed by atoms with Gasteiger partial charge in [0, 0.05) is 27.3 Å². The van der Waals surface area contributed by atoms with Gasteiger partial charge in [-0.1, -0.05) is 84.0 Å². The van der Waals surface area contributed by atoms with Gasteiger partial charge in [-0.05, 0) is 12.8 Å². The van der Waals surface area contributed by atoms with Crippen molar-refractivity contribution in [1.82, 2.24) is 0 Å². The Balaban J connectivity index is 2.99. The van der Waals surface area contributed by atoms with Crippen molar-refractivity contribution in [1.29, 1.82) is 0 Å². The Morgan fingerprint density at radius 2 is 0.750 bits per heavy atom. The zero-order valence-electron chi connectivity index (χ0n) is 15.1. The van der Waals surface area contributed by atoms with Crippen molar-refractivity contribution in [2.45, 2.75) is 96.8 Å². The predicted octanol–water partition coefficient (Wildman–Crippen LogP) is 7.37. The molecule has 0 unspecified atom stereocenters. The molecule has 0 atom stereocenters. The van der Waals surface area contributed by atoms with Crippen LogP contribution >= 0.6 is 7.26 Å². The molecule has 0 aliphatic heterocycles. The van der Waals surface area contributed by atoms with Gasteiger partial charge in [0.25, 0.3) is 0 Å². The first kappa shape index (κ1) is 20.4. The van der Waals surface area contributed by atoms with Crippen LogP contribution in [-0.2, 0) is 0 Å².